The molecule has 142 valence electrons. The van der Waals surface area contributed by atoms with Crippen LogP contribution in [0.15, 0.2) is 34.1 Å². The summed E-state index contributed by atoms with van der Waals surface area (Å²) >= 11 is 0. The molecule has 0 bridgehead atoms. The fourth-order valence-electron chi connectivity index (χ4n) is 2.69. The lowest BCUT2D eigenvalue weighted by Crippen LogP contribution is -1.99. The number of hydrogen-bond donors (Lipinski definition) is 4. The monoisotopic (exact) mass is 390 g/mol. The molecule has 0 saturated carbocycles. The number of unbranched alkanes of at least 4 members (excludes halogenated alkanes) is 2. The van der Waals surface area contributed by atoms with Gasteiger partial charge in [-0.15, -0.1) is 0 Å². The van der Waals surface area contributed by atoms with E-state index < -0.39 is 0 Å². The highest BCUT2D eigenvalue weighted by atomic mass is 33.1. The molecule has 4 nitrogen and oxygen atoms in total. The van der Waals surface area contributed by atoms with Gasteiger partial charge in [0, 0.05) is 9.79 Å². The fourth-order valence-corrected chi connectivity index (χ4v) is 5.22. The maximum atomic E-state index is 6.04. The zero-order chi connectivity index (χ0) is 19.1. The maximum absolute atomic E-state index is 6.04. The SMILES string of the molecule is CCCCc1cc(N)c(N)cc1SSc1cc(N)c(N)cc1CCCC. The van der Waals surface area contributed by atoms with Gasteiger partial charge in [-0.1, -0.05) is 48.3 Å². The van der Waals surface area contributed by atoms with Crippen LogP contribution < -0.4 is 22.9 Å². The summed E-state index contributed by atoms with van der Waals surface area (Å²) in [5, 5.41) is 0. The molecule has 0 aromatic heterocycles. The maximum Gasteiger partial charge on any atom is 0.0559 e. The Kier molecular flexibility index (Phi) is 7.85. The lowest BCUT2D eigenvalue weighted by molar-refractivity contribution is 0.785. The van der Waals surface area contributed by atoms with Crippen LogP contribution in [0.1, 0.15) is 50.7 Å². The predicted octanol–water partition coefficient (Wildman–Crippen LogP) is 5.50. The third-order valence-corrected chi connectivity index (χ3v) is 6.88. The first-order valence-electron chi connectivity index (χ1n) is 9.16. The molecule has 0 radical (unpaired) electrons. The summed E-state index contributed by atoms with van der Waals surface area (Å²) in [6, 6.07) is 8.02. The number of benzene rings is 2. The highest BCUT2D eigenvalue weighted by Crippen LogP contribution is 2.44. The van der Waals surface area contributed by atoms with Gasteiger partial charge in [0.25, 0.3) is 0 Å². The molecule has 0 aliphatic rings. The van der Waals surface area contributed by atoms with Crippen molar-refractivity contribution in [3.63, 3.8) is 0 Å². The summed E-state index contributed by atoms with van der Waals surface area (Å²) in [6.45, 7) is 4.39. The minimum Gasteiger partial charge on any atom is -0.397 e. The zero-order valence-electron chi connectivity index (χ0n) is 15.7. The van der Waals surface area contributed by atoms with Crippen LogP contribution in [-0.2, 0) is 12.8 Å². The molecule has 2 rings (SSSR count). The molecule has 2 aromatic rings. The van der Waals surface area contributed by atoms with Gasteiger partial charge in [0.15, 0.2) is 0 Å². The van der Waals surface area contributed by atoms with Crippen molar-refractivity contribution >= 4 is 44.3 Å². The highest BCUT2D eigenvalue weighted by Gasteiger charge is 2.12. The van der Waals surface area contributed by atoms with E-state index >= 15 is 0 Å². The number of anilines is 4. The Hall–Kier alpha value is -1.66. The van der Waals surface area contributed by atoms with Gasteiger partial charge in [0.1, 0.15) is 0 Å². The zero-order valence-corrected chi connectivity index (χ0v) is 17.3. The minimum atomic E-state index is 0.636. The summed E-state index contributed by atoms with van der Waals surface area (Å²) in [6.07, 6.45) is 6.59. The Morgan fingerprint density at radius 1 is 0.615 bits per heavy atom. The third kappa shape index (κ3) is 5.42. The lowest BCUT2D eigenvalue weighted by atomic mass is 10.1. The van der Waals surface area contributed by atoms with Crippen molar-refractivity contribution in [2.75, 3.05) is 22.9 Å². The standard InChI is InChI=1S/C20H30N4S2/c1-3-5-7-13-9-15(21)17(23)11-19(13)25-26-20-12-18(24)16(22)10-14(20)8-6-4-2/h9-12H,3-8,21-24H2,1-2H3. The Labute approximate surface area is 164 Å². The van der Waals surface area contributed by atoms with Gasteiger partial charge in [-0.25, -0.2) is 0 Å². The van der Waals surface area contributed by atoms with Crippen molar-refractivity contribution in [1.82, 2.24) is 0 Å². The molecule has 0 amide bonds. The number of rotatable bonds is 9. The van der Waals surface area contributed by atoms with Crippen LogP contribution in [0.25, 0.3) is 0 Å². The topological polar surface area (TPSA) is 104 Å². The van der Waals surface area contributed by atoms with E-state index in [4.69, 9.17) is 22.9 Å². The lowest BCUT2D eigenvalue weighted by Gasteiger charge is -2.14. The van der Waals surface area contributed by atoms with E-state index in [1.165, 1.54) is 20.9 Å². The summed E-state index contributed by atoms with van der Waals surface area (Å²) < 4.78 is 0. The van der Waals surface area contributed by atoms with Crippen LogP contribution in [0.2, 0.25) is 0 Å². The third-order valence-electron chi connectivity index (χ3n) is 4.35. The van der Waals surface area contributed by atoms with Gasteiger partial charge in [0.2, 0.25) is 0 Å². The average Bonchev–Trinajstić information content (AvgIpc) is 2.62. The van der Waals surface area contributed by atoms with Crippen molar-refractivity contribution in [2.45, 2.75) is 62.2 Å². The van der Waals surface area contributed by atoms with Gasteiger partial charge in [-0.05, 0) is 61.1 Å². The minimum absolute atomic E-state index is 0.636. The first-order valence-corrected chi connectivity index (χ1v) is 11.3. The molecule has 8 N–H and O–H groups in total. The van der Waals surface area contributed by atoms with E-state index in [0.29, 0.717) is 22.7 Å². The van der Waals surface area contributed by atoms with Crippen LogP contribution in [0, 0.1) is 0 Å². The summed E-state index contributed by atoms with van der Waals surface area (Å²) in [4.78, 5) is 2.35. The number of hydrogen-bond acceptors (Lipinski definition) is 6. The first kappa shape index (κ1) is 20.6. The van der Waals surface area contributed by atoms with Gasteiger partial charge in [-0.3, -0.25) is 0 Å². The second kappa shape index (κ2) is 9.88. The Bertz CT molecular complexity index is 684. The molecule has 2 aromatic carbocycles. The second-order valence-electron chi connectivity index (χ2n) is 6.55. The molecule has 26 heavy (non-hydrogen) atoms. The van der Waals surface area contributed by atoms with Crippen molar-refractivity contribution in [3.8, 4) is 0 Å². The molecule has 0 heterocycles. The summed E-state index contributed by atoms with van der Waals surface area (Å²) in [5.41, 5.74) is 29.2. The van der Waals surface area contributed by atoms with Crippen LogP contribution in [0.4, 0.5) is 22.7 Å². The van der Waals surface area contributed by atoms with E-state index in [-0.39, 0.29) is 0 Å². The van der Waals surface area contributed by atoms with E-state index in [9.17, 15) is 0 Å². The van der Waals surface area contributed by atoms with Crippen LogP contribution in [-0.4, -0.2) is 0 Å². The number of nitrogens with two attached hydrogens (primary N) is 4. The fraction of sp³-hybridized carbons (Fsp3) is 0.400. The molecule has 0 unspecified atom stereocenters. The van der Waals surface area contributed by atoms with Crippen molar-refractivity contribution in [1.29, 1.82) is 0 Å². The van der Waals surface area contributed by atoms with Crippen molar-refractivity contribution in [2.24, 2.45) is 0 Å². The number of aryl methyl sites for hydroxylation is 2. The van der Waals surface area contributed by atoms with Gasteiger partial charge in [0.05, 0.1) is 22.7 Å². The normalized spacial score (nSPS) is 11.0. The number of nitrogen functional groups attached to an aromatic ring is 4. The van der Waals surface area contributed by atoms with E-state index in [1.54, 1.807) is 21.6 Å². The van der Waals surface area contributed by atoms with Crippen LogP contribution >= 0.6 is 21.6 Å². The molecular weight excluding hydrogens is 360 g/mol. The van der Waals surface area contributed by atoms with Gasteiger partial charge >= 0.3 is 0 Å². The molecule has 6 heteroatoms. The molecule has 0 atom stereocenters. The largest absolute Gasteiger partial charge is 0.397 e. The molecule has 0 saturated heterocycles. The molecule has 0 aliphatic heterocycles. The molecule has 0 fully saturated rings. The Morgan fingerprint density at radius 3 is 1.31 bits per heavy atom. The van der Waals surface area contributed by atoms with Crippen LogP contribution in [0.5, 0.6) is 0 Å². The average molecular weight is 391 g/mol. The highest BCUT2D eigenvalue weighted by molar-refractivity contribution is 8.76. The van der Waals surface area contributed by atoms with E-state index in [0.717, 1.165) is 38.5 Å². The van der Waals surface area contributed by atoms with E-state index in [2.05, 4.69) is 13.8 Å². The van der Waals surface area contributed by atoms with Gasteiger partial charge < -0.3 is 22.9 Å². The first-order chi connectivity index (χ1) is 12.5. The van der Waals surface area contributed by atoms with Crippen LogP contribution in [0.3, 0.4) is 0 Å². The molecular formula is C20H30N4S2. The van der Waals surface area contributed by atoms with E-state index in [1.807, 2.05) is 24.3 Å². The smallest absolute Gasteiger partial charge is 0.0559 e. The summed E-state index contributed by atoms with van der Waals surface area (Å²) in [7, 11) is 3.44. The Balaban J connectivity index is 2.25. The summed E-state index contributed by atoms with van der Waals surface area (Å²) in [5.74, 6) is 0. The van der Waals surface area contributed by atoms with Crippen molar-refractivity contribution in [3.05, 3.63) is 35.4 Å². The second-order valence-corrected chi connectivity index (χ2v) is 8.76. The van der Waals surface area contributed by atoms with Gasteiger partial charge in [-0.2, -0.15) is 0 Å². The quantitative estimate of drug-likeness (QED) is 0.333. The van der Waals surface area contributed by atoms with Crippen molar-refractivity contribution < 1.29 is 0 Å². The predicted molar refractivity (Wildman–Crippen MR) is 119 cm³/mol. The molecule has 0 spiro atoms. The Morgan fingerprint density at radius 2 is 0.962 bits per heavy atom. The molecule has 0 aliphatic carbocycles.